The molecule has 9 nitrogen and oxygen atoms in total. The molecule has 192 valence electrons. The van der Waals surface area contributed by atoms with E-state index in [1.165, 1.54) is 12.1 Å². The zero-order valence-electron chi connectivity index (χ0n) is 19.3. The molecule has 0 unspecified atom stereocenters. The maximum absolute atomic E-state index is 12.3. The number of benzene rings is 2. The van der Waals surface area contributed by atoms with Crippen LogP contribution in [0.2, 0.25) is 5.02 Å². The van der Waals surface area contributed by atoms with Crippen LogP contribution in [0.1, 0.15) is 18.4 Å². The van der Waals surface area contributed by atoms with Gasteiger partial charge in [0.1, 0.15) is 18.4 Å². The monoisotopic (exact) mass is 522 g/mol. The van der Waals surface area contributed by atoms with Gasteiger partial charge in [-0.25, -0.2) is 0 Å². The Bertz CT molecular complexity index is 1250. The number of aromatic amines is 1. The first kappa shape index (κ1) is 25.7. The van der Waals surface area contributed by atoms with Crippen LogP contribution in [0, 0.1) is 0 Å². The molecule has 0 saturated heterocycles. The Morgan fingerprint density at radius 1 is 0.972 bits per heavy atom. The van der Waals surface area contributed by atoms with E-state index < -0.39 is 12.1 Å². The first-order valence-electron chi connectivity index (χ1n) is 11.4. The van der Waals surface area contributed by atoms with Gasteiger partial charge in [0.25, 0.3) is 0 Å². The van der Waals surface area contributed by atoms with Crippen molar-refractivity contribution in [1.82, 2.24) is 35.6 Å². The molecule has 2 aromatic heterocycles. The lowest BCUT2D eigenvalue weighted by Crippen LogP contribution is -2.24. The topological polar surface area (TPSA) is 105 Å². The van der Waals surface area contributed by atoms with E-state index in [-0.39, 0.29) is 5.02 Å². The summed E-state index contributed by atoms with van der Waals surface area (Å²) in [4.78, 5) is 0. The first-order chi connectivity index (χ1) is 17.4. The van der Waals surface area contributed by atoms with Crippen molar-refractivity contribution in [3.63, 3.8) is 0 Å². The van der Waals surface area contributed by atoms with Gasteiger partial charge in [-0.3, -0.25) is 9.67 Å². The number of halogens is 4. The Hall–Kier alpha value is -3.35. The van der Waals surface area contributed by atoms with Crippen LogP contribution in [0.25, 0.3) is 16.6 Å². The summed E-state index contributed by atoms with van der Waals surface area (Å²) in [6, 6.07) is 8.30. The van der Waals surface area contributed by atoms with Crippen molar-refractivity contribution in [3.8, 4) is 11.4 Å². The summed E-state index contributed by atoms with van der Waals surface area (Å²) in [6.45, 7) is 3.72. The number of rotatable bonds is 13. The molecule has 0 aliphatic rings. The van der Waals surface area contributed by atoms with E-state index in [9.17, 15) is 13.2 Å². The summed E-state index contributed by atoms with van der Waals surface area (Å²) in [7, 11) is 0. The molecule has 0 atom stereocenters. The predicted octanol–water partition coefficient (Wildman–Crippen LogP) is 4.27. The molecule has 0 bridgehead atoms. The standard InChI is InChI=1S/C23H26ClF3N8O/c24-19-9-16(3-4-22(19)36-23(25,26)27)12-29-6-2-1-5-28-7-8-30-20-10-17(35-14-32-33-15-35)11-21-18(20)13-31-34-21/h3-4,9-11,13-15,28-30H,1-2,5-8,12H2,(H,31,34). The number of fused-ring (bicyclic) bond motifs is 1. The van der Waals surface area contributed by atoms with Crippen LogP contribution in [0.4, 0.5) is 18.9 Å². The highest BCUT2D eigenvalue weighted by Crippen LogP contribution is 2.30. The lowest BCUT2D eigenvalue weighted by molar-refractivity contribution is -0.274. The van der Waals surface area contributed by atoms with Gasteiger partial charge in [-0.1, -0.05) is 17.7 Å². The molecule has 0 spiro atoms. The van der Waals surface area contributed by atoms with Crippen molar-refractivity contribution in [2.45, 2.75) is 25.7 Å². The highest BCUT2D eigenvalue weighted by molar-refractivity contribution is 6.32. The zero-order valence-corrected chi connectivity index (χ0v) is 20.0. The number of ether oxygens (including phenoxy) is 1. The maximum atomic E-state index is 12.3. The van der Waals surface area contributed by atoms with Crippen LogP contribution in [0.3, 0.4) is 0 Å². The molecule has 4 N–H and O–H groups in total. The van der Waals surface area contributed by atoms with Gasteiger partial charge in [0.05, 0.1) is 22.4 Å². The van der Waals surface area contributed by atoms with Crippen LogP contribution in [-0.2, 0) is 6.54 Å². The molecule has 2 aromatic carbocycles. The number of hydrogen-bond donors (Lipinski definition) is 4. The lowest BCUT2D eigenvalue weighted by atomic mass is 10.2. The molecular formula is C23H26ClF3N8O. The van der Waals surface area contributed by atoms with Crippen molar-refractivity contribution >= 4 is 28.2 Å². The molecule has 4 aromatic rings. The Morgan fingerprint density at radius 3 is 2.50 bits per heavy atom. The maximum Gasteiger partial charge on any atom is 0.573 e. The second-order valence-corrected chi connectivity index (χ2v) is 8.47. The van der Waals surface area contributed by atoms with Crippen LogP contribution in [-0.4, -0.2) is 57.5 Å². The van der Waals surface area contributed by atoms with Crippen LogP contribution in [0.15, 0.2) is 49.2 Å². The second-order valence-electron chi connectivity index (χ2n) is 8.07. The van der Waals surface area contributed by atoms with Gasteiger partial charge < -0.3 is 20.7 Å². The summed E-state index contributed by atoms with van der Waals surface area (Å²) >= 11 is 5.87. The number of nitrogens with zero attached hydrogens (tertiary/aromatic N) is 4. The third kappa shape index (κ3) is 7.33. The lowest BCUT2D eigenvalue weighted by Gasteiger charge is -2.12. The third-order valence-electron chi connectivity index (χ3n) is 5.39. The van der Waals surface area contributed by atoms with Gasteiger partial charge in [-0.2, -0.15) is 5.10 Å². The van der Waals surface area contributed by atoms with Crippen molar-refractivity contribution in [3.05, 3.63) is 59.8 Å². The second kappa shape index (κ2) is 12.1. The fourth-order valence-corrected chi connectivity index (χ4v) is 3.91. The molecule has 0 radical (unpaired) electrons. The fourth-order valence-electron chi connectivity index (χ4n) is 3.67. The minimum Gasteiger partial charge on any atom is -0.404 e. The highest BCUT2D eigenvalue weighted by Gasteiger charge is 2.32. The van der Waals surface area contributed by atoms with Gasteiger partial charge in [-0.05, 0) is 55.8 Å². The molecule has 0 fully saturated rings. The zero-order chi connectivity index (χ0) is 25.4. The van der Waals surface area contributed by atoms with E-state index in [0.717, 1.165) is 66.9 Å². The molecule has 4 rings (SSSR count). The van der Waals surface area contributed by atoms with Gasteiger partial charge >= 0.3 is 6.36 Å². The number of alkyl halides is 3. The predicted molar refractivity (Wildman–Crippen MR) is 131 cm³/mol. The third-order valence-corrected chi connectivity index (χ3v) is 5.68. The van der Waals surface area contributed by atoms with Gasteiger partial charge in [-0.15, -0.1) is 23.4 Å². The molecule has 36 heavy (non-hydrogen) atoms. The average Bonchev–Trinajstić information content (AvgIpc) is 3.53. The number of hydrogen-bond acceptors (Lipinski definition) is 7. The molecule has 0 amide bonds. The Kier molecular flexibility index (Phi) is 8.62. The summed E-state index contributed by atoms with van der Waals surface area (Å²) in [5.74, 6) is -0.397. The number of unbranched alkanes of at least 4 members (excludes halogenated alkanes) is 1. The largest absolute Gasteiger partial charge is 0.573 e. The molecule has 13 heteroatoms. The van der Waals surface area contributed by atoms with Gasteiger partial charge in [0.2, 0.25) is 0 Å². The van der Waals surface area contributed by atoms with Crippen molar-refractivity contribution in [2.24, 2.45) is 0 Å². The van der Waals surface area contributed by atoms with Crippen LogP contribution in [0.5, 0.6) is 5.75 Å². The molecule has 0 aliphatic heterocycles. The minimum atomic E-state index is -4.76. The van der Waals surface area contributed by atoms with E-state index >= 15 is 0 Å². The van der Waals surface area contributed by atoms with Crippen LogP contribution >= 0.6 is 11.6 Å². The van der Waals surface area contributed by atoms with Crippen LogP contribution < -0.4 is 20.7 Å². The first-order valence-corrected chi connectivity index (χ1v) is 11.8. The average molecular weight is 523 g/mol. The van der Waals surface area contributed by atoms with E-state index in [0.29, 0.717) is 6.54 Å². The fraction of sp³-hybridized carbons (Fsp3) is 0.348. The summed E-state index contributed by atoms with van der Waals surface area (Å²) in [5.41, 5.74) is 3.64. The molecule has 2 heterocycles. The summed E-state index contributed by atoms with van der Waals surface area (Å²) < 4.78 is 42.7. The molecular weight excluding hydrogens is 497 g/mol. The van der Waals surface area contributed by atoms with Crippen molar-refractivity contribution in [2.75, 3.05) is 31.5 Å². The summed E-state index contributed by atoms with van der Waals surface area (Å²) in [6.07, 6.45) is 2.28. The van der Waals surface area contributed by atoms with E-state index in [1.54, 1.807) is 24.9 Å². The summed E-state index contributed by atoms with van der Waals surface area (Å²) in [5, 5.41) is 26.0. The SMILES string of the molecule is FC(F)(F)Oc1ccc(CNCCCCNCCNc2cc(-n3cnnc3)cc3[nH]ncc23)cc1Cl. The number of H-pyrrole nitrogens is 1. The number of anilines is 1. The Morgan fingerprint density at radius 2 is 1.75 bits per heavy atom. The Balaban J connectivity index is 1.10. The normalized spacial score (nSPS) is 11.8. The number of nitrogens with one attached hydrogen (secondary N) is 4. The van der Waals surface area contributed by atoms with E-state index in [4.69, 9.17) is 11.6 Å². The van der Waals surface area contributed by atoms with E-state index in [2.05, 4.69) is 41.1 Å². The Labute approximate surface area is 210 Å². The molecule has 0 saturated carbocycles. The smallest absolute Gasteiger partial charge is 0.404 e. The van der Waals surface area contributed by atoms with Crippen molar-refractivity contribution in [1.29, 1.82) is 0 Å². The van der Waals surface area contributed by atoms with E-state index in [1.807, 2.05) is 16.7 Å². The molecule has 0 aliphatic carbocycles. The highest BCUT2D eigenvalue weighted by atomic mass is 35.5. The number of aromatic nitrogens is 5. The van der Waals surface area contributed by atoms with Gasteiger partial charge in [0.15, 0.2) is 0 Å². The minimum absolute atomic E-state index is 0.0663. The van der Waals surface area contributed by atoms with Gasteiger partial charge in [0, 0.05) is 30.7 Å². The van der Waals surface area contributed by atoms with Crippen molar-refractivity contribution < 1.29 is 17.9 Å². The quantitative estimate of drug-likeness (QED) is 0.194.